The Balaban J connectivity index is 1.70. The first kappa shape index (κ1) is 30.6. The van der Waals surface area contributed by atoms with Gasteiger partial charge in [-0.25, -0.2) is 14.5 Å². The molecule has 0 radical (unpaired) electrons. The molecular weight excluding hydrogens is 558 g/mol. The monoisotopic (exact) mass is 599 g/mol. The fourth-order valence-corrected chi connectivity index (χ4v) is 10.5. The fourth-order valence-electron chi connectivity index (χ4n) is 6.12. The van der Waals surface area contributed by atoms with Gasteiger partial charge in [-0.3, -0.25) is 0 Å². The molecule has 0 aromatic heterocycles. The lowest BCUT2D eigenvalue weighted by Crippen LogP contribution is -2.68. The van der Waals surface area contributed by atoms with E-state index >= 15 is 0 Å². The number of carbonyl (C=O) groups is 2. The maximum absolute atomic E-state index is 13.9. The van der Waals surface area contributed by atoms with Crippen molar-refractivity contribution >= 4 is 30.8 Å². The van der Waals surface area contributed by atoms with Crippen LogP contribution in [0.2, 0.25) is 5.04 Å². The third-order valence-electron chi connectivity index (χ3n) is 7.94. The van der Waals surface area contributed by atoms with Gasteiger partial charge >= 0.3 is 20.4 Å². The molecule has 2 aliphatic rings. The molecule has 0 bridgehead atoms. The fraction of sp³-hybridized carbons (Fsp3) is 0.371. The van der Waals surface area contributed by atoms with Gasteiger partial charge in [-0.05, 0) is 54.7 Å². The number of benzene rings is 3. The van der Waals surface area contributed by atoms with Crippen LogP contribution in [-0.4, -0.2) is 43.7 Å². The summed E-state index contributed by atoms with van der Waals surface area (Å²) < 4.78 is 25.2. The zero-order chi connectivity index (χ0) is 31.0. The Hall–Kier alpha value is -3.88. The molecule has 3 unspecified atom stereocenters. The smallest absolute Gasteiger partial charge is 0.419 e. The number of fused-ring (bicyclic) bond motifs is 1. The molecule has 8 heteroatoms. The molecule has 0 spiro atoms. The molecule has 0 N–H and O–H groups in total. The first-order chi connectivity index (χ1) is 20.3. The molecule has 2 heterocycles. The van der Waals surface area contributed by atoms with Crippen LogP contribution in [0.15, 0.2) is 103 Å². The van der Waals surface area contributed by atoms with Crippen LogP contribution in [0.3, 0.4) is 0 Å². The quantitative estimate of drug-likeness (QED) is 0.242. The van der Waals surface area contributed by atoms with Gasteiger partial charge in [0.2, 0.25) is 5.60 Å². The summed E-state index contributed by atoms with van der Waals surface area (Å²) in [5, 5.41) is 1.74. The van der Waals surface area contributed by atoms with Gasteiger partial charge < -0.3 is 18.6 Å². The van der Waals surface area contributed by atoms with E-state index in [4.69, 9.17) is 18.6 Å². The number of esters is 1. The highest BCUT2D eigenvalue weighted by Gasteiger charge is 2.69. The Morgan fingerprint density at radius 1 is 0.837 bits per heavy atom. The third-order valence-corrected chi connectivity index (χ3v) is 12.9. The van der Waals surface area contributed by atoms with E-state index in [2.05, 4.69) is 45.0 Å². The van der Waals surface area contributed by atoms with Crippen LogP contribution in [-0.2, 0) is 29.0 Å². The second-order valence-corrected chi connectivity index (χ2v) is 17.2. The summed E-state index contributed by atoms with van der Waals surface area (Å²) in [6.45, 7) is 13.9. The molecule has 3 aromatic rings. The van der Waals surface area contributed by atoms with Crippen molar-refractivity contribution in [2.24, 2.45) is 5.92 Å². The van der Waals surface area contributed by atoms with Gasteiger partial charge in [0, 0.05) is 0 Å². The highest BCUT2D eigenvalue weighted by molar-refractivity contribution is 6.99. The number of carbonyl (C=O) groups excluding carboxylic acids is 2. The lowest BCUT2D eigenvalue weighted by atomic mass is 9.75. The van der Waals surface area contributed by atoms with Gasteiger partial charge in [0.1, 0.15) is 5.60 Å². The first-order valence-electron chi connectivity index (χ1n) is 14.8. The molecule has 5 rings (SSSR count). The van der Waals surface area contributed by atoms with Crippen molar-refractivity contribution in [3.05, 3.63) is 109 Å². The topological polar surface area (TPSA) is 74.3 Å². The summed E-state index contributed by atoms with van der Waals surface area (Å²) in [4.78, 5) is 29.0. The Morgan fingerprint density at radius 2 is 1.35 bits per heavy atom. The van der Waals surface area contributed by atoms with Crippen LogP contribution < -0.4 is 10.4 Å². The number of nitrogens with zero attached hydrogens (tertiary/aromatic N) is 1. The summed E-state index contributed by atoms with van der Waals surface area (Å²) in [5.41, 5.74) is -1.54. The van der Waals surface area contributed by atoms with E-state index in [1.165, 1.54) is 4.90 Å². The number of rotatable bonds is 7. The molecule has 3 aromatic carbocycles. The minimum absolute atomic E-state index is 0.194. The van der Waals surface area contributed by atoms with Gasteiger partial charge in [-0.1, -0.05) is 112 Å². The number of hydrogen-bond donors (Lipinski definition) is 0. The van der Waals surface area contributed by atoms with Crippen LogP contribution in [0.1, 0.15) is 54.0 Å². The zero-order valence-electron chi connectivity index (χ0n) is 26.0. The first-order valence-corrected chi connectivity index (χ1v) is 16.7. The van der Waals surface area contributed by atoms with Gasteiger partial charge in [0.15, 0.2) is 12.1 Å². The van der Waals surface area contributed by atoms with E-state index in [9.17, 15) is 9.59 Å². The predicted octanol–water partition coefficient (Wildman–Crippen LogP) is 6.09. The minimum atomic E-state index is -3.15. The van der Waals surface area contributed by atoms with Gasteiger partial charge in [0.05, 0.1) is 12.5 Å². The summed E-state index contributed by atoms with van der Waals surface area (Å²) in [7, 11) is -3.15. The Kier molecular flexibility index (Phi) is 8.05. The highest BCUT2D eigenvalue weighted by atomic mass is 28.4. The summed E-state index contributed by atoms with van der Waals surface area (Å²) in [6.07, 6.45) is 0.448. The SMILES string of the molecule is CCOC(=O)C1(c2ccccc2)OC2C1C=C(O[Si](c1ccccc1)(c1ccccc1)C(C)(C)C)N2C(=O)OC(C)(C)C. The average molecular weight is 600 g/mol. The third kappa shape index (κ3) is 5.27. The summed E-state index contributed by atoms with van der Waals surface area (Å²) >= 11 is 0. The number of amides is 1. The van der Waals surface area contributed by atoms with Gasteiger partial charge in [-0.15, -0.1) is 0 Å². The molecule has 226 valence electrons. The van der Waals surface area contributed by atoms with Gasteiger partial charge in [0.25, 0.3) is 0 Å². The number of hydrogen-bond acceptors (Lipinski definition) is 6. The molecule has 43 heavy (non-hydrogen) atoms. The maximum Gasteiger partial charge on any atom is 0.419 e. The Morgan fingerprint density at radius 3 is 1.81 bits per heavy atom. The standard InChI is InChI=1S/C35H41NO6Si/c1-8-39-31(37)35(25-18-12-9-13-19-25)28-24-29(36(30(28)40-35)32(38)41-33(2,3)4)42-43(34(5,6)7,26-20-14-10-15-21-26)27-22-16-11-17-23-27/h9-24,28,30H,8H2,1-7H3. The van der Waals surface area contributed by atoms with Crippen LogP contribution in [0.4, 0.5) is 4.79 Å². The number of ether oxygens (including phenoxy) is 3. The molecule has 1 fully saturated rings. The normalized spacial score (nSPS) is 21.7. The Bertz CT molecular complexity index is 1440. The van der Waals surface area contributed by atoms with Crippen molar-refractivity contribution in [3.63, 3.8) is 0 Å². The molecule has 3 atom stereocenters. The maximum atomic E-state index is 13.9. The second kappa shape index (κ2) is 11.3. The van der Waals surface area contributed by atoms with Crippen molar-refractivity contribution in [2.75, 3.05) is 6.61 Å². The largest absolute Gasteiger partial charge is 0.522 e. The van der Waals surface area contributed by atoms with E-state index < -0.39 is 43.7 Å². The van der Waals surface area contributed by atoms with Crippen LogP contribution in [0, 0.1) is 5.92 Å². The molecule has 1 amide bonds. The molecule has 0 saturated carbocycles. The van der Waals surface area contributed by atoms with Crippen LogP contribution in [0.25, 0.3) is 0 Å². The summed E-state index contributed by atoms with van der Waals surface area (Å²) in [5.74, 6) is -0.745. The predicted molar refractivity (Wildman–Crippen MR) is 168 cm³/mol. The van der Waals surface area contributed by atoms with Crippen LogP contribution in [0.5, 0.6) is 0 Å². The molecular formula is C35H41NO6Si. The lowest BCUT2D eigenvalue weighted by molar-refractivity contribution is -0.282. The van der Waals surface area contributed by atoms with Crippen LogP contribution >= 0.6 is 0 Å². The molecule has 7 nitrogen and oxygen atoms in total. The van der Waals surface area contributed by atoms with E-state index in [1.807, 2.05) is 93.6 Å². The highest BCUT2D eigenvalue weighted by Crippen LogP contribution is 2.55. The van der Waals surface area contributed by atoms with E-state index in [1.54, 1.807) is 6.92 Å². The summed E-state index contributed by atoms with van der Waals surface area (Å²) in [6, 6.07) is 29.7. The van der Waals surface area contributed by atoms with Crippen molar-refractivity contribution in [3.8, 4) is 0 Å². The van der Waals surface area contributed by atoms with Crippen molar-refractivity contribution in [1.29, 1.82) is 0 Å². The van der Waals surface area contributed by atoms with E-state index in [0.29, 0.717) is 11.4 Å². The molecule has 0 aliphatic carbocycles. The Labute approximate surface area is 255 Å². The zero-order valence-corrected chi connectivity index (χ0v) is 27.0. The molecule has 1 saturated heterocycles. The van der Waals surface area contributed by atoms with Gasteiger partial charge in [-0.2, -0.15) is 0 Å². The second-order valence-electron chi connectivity index (χ2n) is 13.0. The average Bonchev–Trinajstić information content (AvgIpc) is 3.24. The minimum Gasteiger partial charge on any atom is -0.522 e. The lowest BCUT2D eigenvalue weighted by Gasteiger charge is -2.51. The van der Waals surface area contributed by atoms with Crippen molar-refractivity contribution in [2.45, 2.75) is 70.9 Å². The van der Waals surface area contributed by atoms with E-state index in [-0.39, 0.29) is 11.6 Å². The molecule has 2 aliphatic heterocycles. The van der Waals surface area contributed by atoms with E-state index in [0.717, 1.165) is 10.4 Å². The van der Waals surface area contributed by atoms with Crippen molar-refractivity contribution < 1.29 is 28.2 Å². The van der Waals surface area contributed by atoms with Crippen molar-refractivity contribution in [1.82, 2.24) is 4.90 Å².